The first-order valence-corrected chi connectivity index (χ1v) is 8.65. The molecule has 26 heavy (non-hydrogen) atoms. The third-order valence-corrected chi connectivity index (χ3v) is 4.49. The second kappa shape index (κ2) is 8.94. The zero-order valence-electron chi connectivity index (χ0n) is 14.5. The van der Waals surface area contributed by atoms with Crippen LogP contribution in [-0.2, 0) is 13.1 Å². The Bertz CT molecular complexity index is 743. The first-order valence-electron chi connectivity index (χ1n) is 8.65. The van der Waals surface area contributed by atoms with Crippen molar-refractivity contribution in [3.8, 4) is 0 Å². The molecule has 2 unspecified atom stereocenters. The van der Waals surface area contributed by atoms with Crippen molar-refractivity contribution in [3.05, 3.63) is 83.2 Å². The van der Waals surface area contributed by atoms with E-state index >= 15 is 0 Å². The van der Waals surface area contributed by atoms with E-state index in [9.17, 15) is 0 Å². The molecule has 134 valence electrons. The molecule has 0 bridgehead atoms. The molecule has 3 rings (SSSR count). The molecule has 0 amide bonds. The molecule has 4 N–H and O–H groups in total. The number of hydrogen-bond acceptors (Lipinski definition) is 4. The van der Waals surface area contributed by atoms with Crippen molar-refractivity contribution in [1.29, 1.82) is 0 Å². The fourth-order valence-electron chi connectivity index (χ4n) is 3.16. The van der Waals surface area contributed by atoms with Crippen molar-refractivity contribution in [2.45, 2.75) is 13.1 Å². The summed E-state index contributed by atoms with van der Waals surface area (Å²) in [7, 11) is 0. The average molecular weight is 352 g/mol. The second-order valence-electron chi connectivity index (χ2n) is 6.46. The average Bonchev–Trinajstić information content (AvgIpc) is 2.66. The Balaban J connectivity index is 1.56. The van der Waals surface area contributed by atoms with Crippen LogP contribution < -0.4 is 9.80 Å². The third kappa shape index (κ3) is 5.02. The molecule has 6 heteroatoms. The van der Waals surface area contributed by atoms with Crippen LogP contribution in [-0.4, -0.2) is 35.9 Å². The number of quaternary nitrogens is 2. The molecular weight excluding hydrogens is 328 g/mol. The Hall–Kier alpha value is -2.96. The third-order valence-electron chi connectivity index (χ3n) is 4.49. The number of rotatable bonds is 6. The van der Waals surface area contributed by atoms with E-state index in [2.05, 4.69) is 59.1 Å². The van der Waals surface area contributed by atoms with E-state index in [1.54, 1.807) is 0 Å². The van der Waals surface area contributed by atoms with Crippen molar-refractivity contribution in [1.82, 2.24) is 0 Å². The predicted octanol–water partition coefficient (Wildman–Crippen LogP) is 0.284. The smallest absolute Gasteiger partial charge is 0.107 e. The molecule has 0 radical (unpaired) electrons. The standard InChI is InChI=1S/C20H22N4O2/c25-21-13-17-4-8-23(9-5-17)15-19-2-1-3-20(12-19)16-24-10-6-18(7-11-24)14-22-26/h1-8,10,12-14,25-26H,9,11,15-16H2/p+2. The number of benzene rings is 1. The largest absolute Gasteiger partial charge is 0.411 e. The molecule has 0 spiro atoms. The maximum Gasteiger partial charge on any atom is 0.107 e. The van der Waals surface area contributed by atoms with E-state index in [1.165, 1.54) is 33.4 Å². The van der Waals surface area contributed by atoms with Gasteiger partial charge in [-0.15, -0.1) is 0 Å². The van der Waals surface area contributed by atoms with E-state index < -0.39 is 0 Å². The first kappa shape index (κ1) is 17.8. The highest BCUT2D eigenvalue weighted by Gasteiger charge is 2.12. The molecule has 6 nitrogen and oxygen atoms in total. The minimum atomic E-state index is 0.877. The zero-order chi connectivity index (χ0) is 18.2. The van der Waals surface area contributed by atoms with Crippen molar-refractivity contribution >= 4 is 12.4 Å². The van der Waals surface area contributed by atoms with Gasteiger partial charge in [-0.25, -0.2) is 0 Å². The zero-order valence-corrected chi connectivity index (χ0v) is 14.5. The van der Waals surface area contributed by atoms with Gasteiger partial charge in [0.05, 0.1) is 24.8 Å². The monoisotopic (exact) mass is 352 g/mol. The van der Waals surface area contributed by atoms with Crippen LogP contribution in [0, 0.1) is 0 Å². The van der Waals surface area contributed by atoms with Crippen LogP contribution in [0.4, 0.5) is 0 Å². The lowest BCUT2D eigenvalue weighted by Gasteiger charge is -2.18. The predicted molar refractivity (Wildman–Crippen MR) is 101 cm³/mol. The van der Waals surface area contributed by atoms with Gasteiger partial charge in [-0.2, -0.15) is 0 Å². The quantitative estimate of drug-likeness (QED) is 0.337. The molecule has 2 atom stereocenters. The molecule has 2 aliphatic heterocycles. The summed E-state index contributed by atoms with van der Waals surface area (Å²) >= 11 is 0. The highest BCUT2D eigenvalue weighted by atomic mass is 16.4. The Morgan fingerprint density at radius 1 is 0.846 bits per heavy atom. The van der Waals surface area contributed by atoms with Crippen molar-refractivity contribution in [2.75, 3.05) is 13.1 Å². The van der Waals surface area contributed by atoms with E-state index in [4.69, 9.17) is 10.4 Å². The Labute approximate surface area is 153 Å². The molecule has 1 aromatic rings. The molecule has 0 saturated heterocycles. The van der Waals surface area contributed by atoms with Gasteiger partial charge in [0.2, 0.25) is 0 Å². The fraction of sp³-hybridized carbons (Fsp3) is 0.200. The second-order valence-corrected chi connectivity index (χ2v) is 6.46. The van der Waals surface area contributed by atoms with Gasteiger partial charge in [-0.1, -0.05) is 28.5 Å². The highest BCUT2D eigenvalue weighted by Crippen LogP contribution is 2.05. The minimum absolute atomic E-state index is 0.877. The topological polar surface area (TPSA) is 74.1 Å². The maximum atomic E-state index is 8.59. The van der Waals surface area contributed by atoms with Crippen LogP contribution in [0.3, 0.4) is 0 Å². The van der Waals surface area contributed by atoms with Gasteiger partial charge in [0, 0.05) is 34.4 Å². The number of allylic oxidation sites excluding steroid dienone is 4. The SMILES string of the molecule is ON=CC1=CC[NH+](Cc2cccc(C[NH+]3C=CC(C=NO)=CC3)c2)C=C1. The van der Waals surface area contributed by atoms with Crippen LogP contribution in [0.5, 0.6) is 0 Å². The summed E-state index contributed by atoms with van der Waals surface area (Å²) in [6, 6.07) is 8.71. The Morgan fingerprint density at radius 3 is 1.73 bits per heavy atom. The molecular formula is C20H24N4O2+2. The van der Waals surface area contributed by atoms with Gasteiger partial charge in [-0.3, -0.25) is 0 Å². The summed E-state index contributed by atoms with van der Waals surface area (Å²) in [4.78, 5) is 2.69. The van der Waals surface area contributed by atoms with Gasteiger partial charge >= 0.3 is 0 Å². The van der Waals surface area contributed by atoms with Gasteiger partial charge in [0.25, 0.3) is 0 Å². The molecule has 0 aliphatic carbocycles. The number of nitrogens with one attached hydrogen (secondary N) is 2. The summed E-state index contributed by atoms with van der Waals surface area (Å²) in [6.45, 7) is 3.60. The normalized spacial score (nSPS) is 22.8. The van der Waals surface area contributed by atoms with Crippen LogP contribution in [0.25, 0.3) is 0 Å². The van der Waals surface area contributed by atoms with Crippen LogP contribution in [0.15, 0.2) is 82.4 Å². The molecule has 0 fully saturated rings. The lowest BCUT2D eigenvalue weighted by molar-refractivity contribution is -0.856. The summed E-state index contributed by atoms with van der Waals surface area (Å²) in [5.74, 6) is 0. The van der Waals surface area contributed by atoms with Gasteiger partial charge in [0.1, 0.15) is 26.2 Å². The Morgan fingerprint density at radius 2 is 1.35 bits per heavy atom. The molecule has 1 aromatic carbocycles. The maximum absolute atomic E-state index is 8.59. The number of nitrogens with zero attached hydrogens (tertiary/aromatic N) is 2. The van der Waals surface area contributed by atoms with Gasteiger partial charge in [0.15, 0.2) is 0 Å². The van der Waals surface area contributed by atoms with Crippen LogP contribution in [0.1, 0.15) is 11.1 Å². The van der Waals surface area contributed by atoms with E-state index in [0.717, 1.165) is 37.3 Å². The Kier molecular flexibility index (Phi) is 6.14. The van der Waals surface area contributed by atoms with E-state index in [-0.39, 0.29) is 0 Å². The van der Waals surface area contributed by atoms with Gasteiger partial charge < -0.3 is 20.2 Å². The molecule has 2 aliphatic rings. The molecule has 2 heterocycles. The first-order chi connectivity index (χ1) is 12.8. The number of hydrogen-bond donors (Lipinski definition) is 4. The molecule has 0 saturated carbocycles. The van der Waals surface area contributed by atoms with Crippen molar-refractivity contribution in [2.24, 2.45) is 10.3 Å². The molecule has 0 aromatic heterocycles. The summed E-state index contributed by atoms with van der Waals surface area (Å²) in [5.41, 5.74) is 4.48. The lowest BCUT2D eigenvalue weighted by Crippen LogP contribution is -3.06. The number of oxime groups is 2. The lowest BCUT2D eigenvalue weighted by atomic mass is 10.1. The van der Waals surface area contributed by atoms with E-state index in [0.29, 0.717) is 0 Å². The highest BCUT2D eigenvalue weighted by molar-refractivity contribution is 5.82. The minimum Gasteiger partial charge on any atom is -0.411 e. The van der Waals surface area contributed by atoms with Crippen LogP contribution >= 0.6 is 0 Å². The summed E-state index contributed by atoms with van der Waals surface area (Å²) in [5, 5.41) is 23.3. The summed E-state index contributed by atoms with van der Waals surface area (Å²) in [6.07, 6.45) is 15.2. The van der Waals surface area contributed by atoms with Crippen molar-refractivity contribution in [3.63, 3.8) is 0 Å². The van der Waals surface area contributed by atoms with Crippen molar-refractivity contribution < 1.29 is 20.2 Å². The van der Waals surface area contributed by atoms with Crippen LogP contribution in [0.2, 0.25) is 0 Å². The fourth-order valence-corrected chi connectivity index (χ4v) is 3.16. The van der Waals surface area contributed by atoms with E-state index in [1.807, 2.05) is 12.2 Å². The summed E-state index contributed by atoms with van der Waals surface area (Å²) < 4.78 is 0. The van der Waals surface area contributed by atoms with Gasteiger partial charge in [-0.05, 0) is 18.2 Å².